The Morgan fingerprint density at radius 2 is 2.17 bits per heavy atom. The van der Waals surface area contributed by atoms with Crippen molar-refractivity contribution in [2.24, 2.45) is 10.7 Å². The van der Waals surface area contributed by atoms with Crippen molar-refractivity contribution in [3.05, 3.63) is 29.8 Å². The minimum Gasteiger partial charge on any atom is -0.370 e. The molecule has 128 valence electrons. The molecule has 0 aromatic heterocycles. The molecule has 1 aliphatic heterocycles. The fourth-order valence-corrected chi connectivity index (χ4v) is 2.62. The molecule has 23 heavy (non-hydrogen) atoms. The molecule has 1 aliphatic rings. The minimum atomic E-state index is 0. The smallest absolute Gasteiger partial charge is 0.222 e. The number of carbonyl (C=O) groups is 1. The highest BCUT2D eigenvalue weighted by molar-refractivity contribution is 14.0. The number of hydrogen-bond donors (Lipinski definition) is 2. The number of nitrogens with two attached hydrogens (primary N) is 1. The first kappa shape index (κ1) is 19.7. The second kappa shape index (κ2) is 10.5. The minimum absolute atomic E-state index is 0. The van der Waals surface area contributed by atoms with Crippen LogP contribution in [0.1, 0.15) is 38.2 Å². The van der Waals surface area contributed by atoms with E-state index in [0.717, 1.165) is 37.9 Å². The van der Waals surface area contributed by atoms with E-state index >= 15 is 0 Å². The summed E-state index contributed by atoms with van der Waals surface area (Å²) in [5.74, 6) is 0.644. The summed E-state index contributed by atoms with van der Waals surface area (Å²) >= 11 is 0. The number of anilines is 1. The Labute approximate surface area is 155 Å². The topological polar surface area (TPSA) is 70.7 Å². The molecule has 0 unspecified atom stereocenters. The highest BCUT2D eigenvalue weighted by atomic mass is 127. The predicted molar refractivity (Wildman–Crippen MR) is 106 cm³/mol. The fraction of sp³-hybridized carbons (Fsp3) is 0.529. The fourth-order valence-electron chi connectivity index (χ4n) is 2.62. The van der Waals surface area contributed by atoms with Gasteiger partial charge in [-0.1, -0.05) is 25.5 Å². The van der Waals surface area contributed by atoms with Crippen molar-refractivity contribution >= 4 is 41.5 Å². The summed E-state index contributed by atoms with van der Waals surface area (Å²) in [6.45, 7) is 4.16. The van der Waals surface area contributed by atoms with E-state index in [9.17, 15) is 4.79 Å². The predicted octanol–water partition coefficient (Wildman–Crippen LogP) is 3.00. The van der Waals surface area contributed by atoms with Crippen LogP contribution >= 0.6 is 24.0 Å². The lowest BCUT2D eigenvalue weighted by molar-refractivity contribution is -0.130. The van der Waals surface area contributed by atoms with Crippen LogP contribution in [0.25, 0.3) is 0 Å². The maximum Gasteiger partial charge on any atom is 0.222 e. The number of halogens is 1. The Hall–Kier alpha value is -1.31. The number of aliphatic imine (C=N–C) groups is 1. The van der Waals surface area contributed by atoms with Gasteiger partial charge in [0, 0.05) is 25.2 Å². The second-order valence-electron chi connectivity index (χ2n) is 5.64. The van der Waals surface area contributed by atoms with Crippen LogP contribution in [0.2, 0.25) is 0 Å². The van der Waals surface area contributed by atoms with E-state index in [1.54, 1.807) is 0 Å². The van der Waals surface area contributed by atoms with Crippen LogP contribution in [0.15, 0.2) is 29.3 Å². The molecule has 1 saturated heterocycles. The van der Waals surface area contributed by atoms with Crippen LogP contribution < -0.4 is 11.1 Å². The van der Waals surface area contributed by atoms with Gasteiger partial charge in [-0.2, -0.15) is 0 Å². The van der Waals surface area contributed by atoms with Crippen LogP contribution in [0, 0.1) is 0 Å². The van der Waals surface area contributed by atoms with Crippen molar-refractivity contribution in [2.75, 3.05) is 25.0 Å². The van der Waals surface area contributed by atoms with Crippen molar-refractivity contribution in [3.63, 3.8) is 0 Å². The van der Waals surface area contributed by atoms with E-state index in [1.165, 1.54) is 5.56 Å². The van der Waals surface area contributed by atoms with Gasteiger partial charge in [0.2, 0.25) is 5.91 Å². The first-order chi connectivity index (χ1) is 10.7. The molecule has 0 atom stereocenters. The van der Waals surface area contributed by atoms with E-state index in [2.05, 4.69) is 29.4 Å². The van der Waals surface area contributed by atoms with Gasteiger partial charge in [0.15, 0.2) is 5.96 Å². The quantitative estimate of drug-likeness (QED) is 0.429. The Morgan fingerprint density at radius 3 is 2.96 bits per heavy atom. The first-order valence-corrected chi connectivity index (χ1v) is 8.12. The monoisotopic (exact) mass is 430 g/mol. The van der Waals surface area contributed by atoms with Crippen LogP contribution in [0.5, 0.6) is 0 Å². The summed E-state index contributed by atoms with van der Waals surface area (Å²) < 4.78 is 0. The van der Waals surface area contributed by atoms with Crippen molar-refractivity contribution in [1.82, 2.24) is 4.90 Å². The van der Waals surface area contributed by atoms with Crippen LogP contribution in [-0.2, 0) is 11.2 Å². The third kappa shape index (κ3) is 6.76. The van der Waals surface area contributed by atoms with E-state index in [0.29, 0.717) is 25.5 Å². The zero-order valence-electron chi connectivity index (χ0n) is 13.8. The molecule has 5 nitrogen and oxygen atoms in total. The Kier molecular flexibility index (Phi) is 8.98. The molecule has 2 rings (SSSR count). The summed E-state index contributed by atoms with van der Waals surface area (Å²) in [4.78, 5) is 18.1. The molecule has 6 heteroatoms. The van der Waals surface area contributed by atoms with Gasteiger partial charge in [-0.05, 0) is 37.0 Å². The molecule has 1 amide bonds. The third-order valence-electron chi connectivity index (χ3n) is 3.93. The average molecular weight is 430 g/mol. The Bertz CT molecular complexity index is 533. The van der Waals surface area contributed by atoms with Gasteiger partial charge >= 0.3 is 0 Å². The van der Waals surface area contributed by atoms with E-state index in [1.807, 2.05) is 17.0 Å². The maximum atomic E-state index is 11.9. The molecule has 0 spiro atoms. The lowest BCUT2D eigenvalue weighted by Crippen LogP contribution is -2.33. The van der Waals surface area contributed by atoms with Crippen molar-refractivity contribution in [1.29, 1.82) is 0 Å². The molecule has 1 heterocycles. The summed E-state index contributed by atoms with van der Waals surface area (Å²) in [5, 5.41) is 3.10. The van der Waals surface area contributed by atoms with Crippen molar-refractivity contribution in [3.8, 4) is 0 Å². The molecule has 1 aromatic rings. The number of rotatable bonds is 5. The number of hydrogen-bond acceptors (Lipinski definition) is 2. The van der Waals surface area contributed by atoms with Crippen molar-refractivity contribution < 1.29 is 4.79 Å². The molecule has 0 saturated carbocycles. The number of aryl methyl sites for hydroxylation is 1. The number of amides is 1. The van der Waals surface area contributed by atoms with Crippen LogP contribution in [-0.4, -0.2) is 36.4 Å². The second-order valence-corrected chi connectivity index (χ2v) is 5.64. The molecule has 0 bridgehead atoms. The van der Waals surface area contributed by atoms with Crippen LogP contribution in [0.4, 0.5) is 5.69 Å². The highest BCUT2D eigenvalue weighted by Gasteiger charge is 2.15. The summed E-state index contributed by atoms with van der Waals surface area (Å²) in [6, 6.07) is 8.13. The van der Waals surface area contributed by atoms with E-state index < -0.39 is 0 Å². The molecule has 1 aromatic carbocycles. The van der Waals surface area contributed by atoms with Crippen LogP contribution in [0.3, 0.4) is 0 Å². The summed E-state index contributed by atoms with van der Waals surface area (Å²) in [7, 11) is 0. The lowest BCUT2D eigenvalue weighted by atomic mass is 10.1. The summed E-state index contributed by atoms with van der Waals surface area (Å²) in [6.07, 6.45) is 4.90. The zero-order valence-corrected chi connectivity index (χ0v) is 16.1. The SMILES string of the molecule is CCc1cccc(NC(N)=NCCN2CCCCCC2=O)c1.I. The first-order valence-electron chi connectivity index (χ1n) is 8.12. The average Bonchev–Trinajstić information content (AvgIpc) is 2.72. The van der Waals surface area contributed by atoms with Gasteiger partial charge in [-0.25, -0.2) is 0 Å². The molecular formula is C17H27IN4O. The van der Waals surface area contributed by atoms with Crippen molar-refractivity contribution in [2.45, 2.75) is 39.0 Å². The normalized spacial score (nSPS) is 15.8. The standard InChI is InChI=1S/C17H26N4O.HI/c1-2-14-7-6-8-15(13-14)20-17(18)19-10-12-21-11-5-3-4-9-16(21)22;/h6-8,13H,2-5,9-12H2,1H3,(H3,18,19,20);1H. The van der Waals surface area contributed by atoms with E-state index in [4.69, 9.17) is 5.73 Å². The molecule has 0 aliphatic carbocycles. The number of guanidine groups is 1. The number of benzene rings is 1. The zero-order chi connectivity index (χ0) is 15.8. The Morgan fingerprint density at radius 1 is 1.35 bits per heavy atom. The molecule has 0 radical (unpaired) electrons. The molecule has 3 N–H and O–H groups in total. The number of carbonyl (C=O) groups excluding carboxylic acids is 1. The van der Waals surface area contributed by atoms with Gasteiger partial charge in [-0.3, -0.25) is 9.79 Å². The number of nitrogens with one attached hydrogen (secondary N) is 1. The van der Waals surface area contributed by atoms with Gasteiger partial charge in [0.1, 0.15) is 0 Å². The Balaban J connectivity index is 0.00000264. The highest BCUT2D eigenvalue weighted by Crippen LogP contribution is 2.11. The van der Waals surface area contributed by atoms with Gasteiger partial charge < -0.3 is 16.0 Å². The number of likely N-dealkylation sites (tertiary alicyclic amines) is 1. The lowest BCUT2D eigenvalue weighted by Gasteiger charge is -2.19. The maximum absolute atomic E-state index is 11.9. The van der Waals surface area contributed by atoms with Gasteiger partial charge in [-0.15, -0.1) is 24.0 Å². The van der Waals surface area contributed by atoms with E-state index in [-0.39, 0.29) is 29.9 Å². The van der Waals surface area contributed by atoms with Gasteiger partial charge in [0.05, 0.1) is 6.54 Å². The van der Waals surface area contributed by atoms with Gasteiger partial charge in [0.25, 0.3) is 0 Å². The summed E-state index contributed by atoms with van der Waals surface area (Å²) in [5.41, 5.74) is 8.12. The third-order valence-corrected chi connectivity index (χ3v) is 3.93. The number of nitrogens with zero attached hydrogens (tertiary/aromatic N) is 2. The largest absolute Gasteiger partial charge is 0.370 e. The molecular weight excluding hydrogens is 403 g/mol. The molecule has 1 fully saturated rings.